The number of fused-ring (bicyclic) bond motifs is 1. The van der Waals surface area contributed by atoms with Crippen LogP contribution < -0.4 is 10.1 Å². The van der Waals surface area contributed by atoms with Crippen molar-refractivity contribution in [2.75, 3.05) is 33.3 Å². The predicted molar refractivity (Wildman–Crippen MR) is 73.1 cm³/mol. The quantitative estimate of drug-likeness (QED) is 0.863. The van der Waals surface area contributed by atoms with Crippen molar-refractivity contribution in [2.24, 2.45) is 0 Å². The molecule has 1 fully saturated rings. The highest BCUT2D eigenvalue weighted by Crippen LogP contribution is 2.37. The fourth-order valence-electron chi connectivity index (χ4n) is 3.24. The van der Waals surface area contributed by atoms with E-state index in [0.29, 0.717) is 6.04 Å². The first-order valence-corrected chi connectivity index (χ1v) is 7.00. The molecular weight excluding hydrogens is 224 g/mol. The molecule has 1 heterocycles. The van der Waals surface area contributed by atoms with E-state index in [2.05, 4.69) is 28.4 Å². The summed E-state index contributed by atoms with van der Waals surface area (Å²) in [6, 6.07) is 7.18. The maximum atomic E-state index is 5.37. The molecule has 3 rings (SSSR count). The van der Waals surface area contributed by atoms with Crippen LogP contribution >= 0.6 is 0 Å². The highest BCUT2D eigenvalue weighted by atomic mass is 16.5. The Balaban J connectivity index is 1.83. The number of benzene rings is 1. The van der Waals surface area contributed by atoms with Crippen molar-refractivity contribution in [2.45, 2.75) is 25.3 Å². The van der Waals surface area contributed by atoms with Gasteiger partial charge in [0.25, 0.3) is 0 Å². The molecule has 98 valence electrons. The van der Waals surface area contributed by atoms with E-state index in [9.17, 15) is 0 Å². The number of aryl methyl sites for hydroxylation is 1. The van der Waals surface area contributed by atoms with Crippen LogP contribution in [0.1, 0.15) is 30.0 Å². The minimum atomic E-state index is 0.606. The maximum absolute atomic E-state index is 5.37. The van der Waals surface area contributed by atoms with Gasteiger partial charge in [-0.15, -0.1) is 0 Å². The third kappa shape index (κ3) is 2.25. The Kier molecular flexibility index (Phi) is 3.52. The van der Waals surface area contributed by atoms with Crippen molar-refractivity contribution in [3.63, 3.8) is 0 Å². The SMILES string of the molecule is COc1ccc2c(c1)C(N1CCCNCC1)CC2. The Bertz CT molecular complexity index is 411. The molecule has 0 radical (unpaired) electrons. The van der Waals surface area contributed by atoms with E-state index in [4.69, 9.17) is 4.74 Å². The second kappa shape index (κ2) is 5.29. The summed E-state index contributed by atoms with van der Waals surface area (Å²) in [6.45, 7) is 4.67. The topological polar surface area (TPSA) is 24.5 Å². The lowest BCUT2D eigenvalue weighted by Gasteiger charge is -2.28. The molecule has 3 heteroatoms. The zero-order chi connectivity index (χ0) is 12.4. The van der Waals surface area contributed by atoms with Gasteiger partial charge in [0.15, 0.2) is 0 Å². The van der Waals surface area contributed by atoms with Crippen molar-refractivity contribution < 1.29 is 4.74 Å². The molecule has 1 aliphatic carbocycles. The molecule has 1 atom stereocenters. The summed E-state index contributed by atoms with van der Waals surface area (Å²) in [7, 11) is 1.75. The lowest BCUT2D eigenvalue weighted by atomic mass is 10.1. The first-order chi connectivity index (χ1) is 8.88. The van der Waals surface area contributed by atoms with Gasteiger partial charge in [-0.25, -0.2) is 0 Å². The molecule has 0 saturated carbocycles. The predicted octanol–water partition coefficient (Wildman–Crippen LogP) is 1.98. The molecular formula is C15H22N2O. The van der Waals surface area contributed by atoms with Gasteiger partial charge in [0.1, 0.15) is 5.75 Å². The van der Waals surface area contributed by atoms with Gasteiger partial charge in [-0.3, -0.25) is 4.90 Å². The molecule has 0 bridgehead atoms. The Morgan fingerprint density at radius 1 is 1.28 bits per heavy atom. The number of nitrogens with zero attached hydrogens (tertiary/aromatic N) is 1. The molecule has 1 N–H and O–H groups in total. The number of hydrogen-bond acceptors (Lipinski definition) is 3. The molecule has 1 saturated heterocycles. The van der Waals surface area contributed by atoms with Crippen LogP contribution in [0.3, 0.4) is 0 Å². The van der Waals surface area contributed by atoms with Crippen molar-refractivity contribution >= 4 is 0 Å². The van der Waals surface area contributed by atoms with Crippen molar-refractivity contribution in [1.29, 1.82) is 0 Å². The van der Waals surface area contributed by atoms with Crippen LogP contribution in [0.25, 0.3) is 0 Å². The number of nitrogens with one attached hydrogen (secondary N) is 1. The van der Waals surface area contributed by atoms with Crippen molar-refractivity contribution in [3.8, 4) is 5.75 Å². The zero-order valence-corrected chi connectivity index (χ0v) is 11.1. The summed E-state index contributed by atoms with van der Waals surface area (Å²) >= 11 is 0. The average molecular weight is 246 g/mol. The summed E-state index contributed by atoms with van der Waals surface area (Å²) in [4.78, 5) is 2.64. The first kappa shape index (κ1) is 12.0. The molecule has 0 amide bonds. The summed E-state index contributed by atoms with van der Waals surface area (Å²) in [6.07, 6.45) is 3.74. The minimum absolute atomic E-state index is 0.606. The Morgan fingerprint density at radius 2 is 2.22 bits per heavy atom. The maximum Gasteiger partial charge on any atom is 0.119 e. The van der Waals surface area contributed by atoms with Crippen LogP contribution in [-0.4, -0.2) is 38.2 Å². The first-order valence-electron chi connectivity index (χ1n) is 7.00. The van der Waals surface area contributed by atoms with Crippen LogP contribution in [0.4, 0.5) is 0 Å². The Labute approximate surface area is 109 Å². The van der Waals surface area contributed by atoms with Crippen molar-refractivity contribution in [1.82, 2.24) is 10.2 Å². The molecule has 0 aromatic heterocycles. The van der Waals surface area contributed by atoms with Crippen molar-refractivity contribution in [3.05, 3.63) is 29.3 Å². The molecule has 1 aliphatic heterocycles. The lowest BCUT2D eigenvalue weighted by molar-refractivity contribution is 0.210. The fraction of sp³-hybridized carbons (Fsp3) is 0.600. The van der Waals surface area contributed by atoms with Gasteiger partial charge in [-0.1, -0.05) is 6.07 Å². The number of ether oxygens (including phenoxy) is 1. The van der Waals surface area contributed by atoms with Crippen LogP contribution in [0, 0.1) is 0 Å². The number of hydrogen-bond donors (Lipinski definition) is 1. The summed E-state index contributed by atoms with van der Waals surface area (Å²) in [5.74, 6) is 0.994. The largest absolute Gasteiger partial charge is 0.497 e. The van der Waals surface area contributed by atoms with E-state index >= 15 is 0 Å². The van der Waals surface area contributed by atoms with E-state index in [1.807, 2.05) is 0 Å². The molecule has 2 aliphatic rings. The van der Waals surface area contributed by atoms with Crippen LogP contribution in [0.5, 0.6) is 5.75 Å². The molecule has 3 nitrogen and oxygen atoms in total. The van der Waals surface area contributed by atoms with E-state index in [1.165, 1.54) is 43.5 Å². The van der Waals surface area contributed by atoms with Crippen LogP contribution in [0.2, 0.25) is 0 Å². The number of rotatable bonds is 2. The second-order valence-corrected chi connectivity index (χ2v) is 5.26. The van der Waals surface area contributed by atoms with Crippen LogP contribution in [0.15, 0.2) is 18.2 Å². The smallest absolute Gasteiger partial charge is 0.119 e. The molecule has 0 spiro atoms. The number of methoxy groups -OCH3 is 1. The van der Waals surface area contributed by atoms with E-state index < -0.39 is 0 Å². The molecule has 1 unspecified atom stereocenters. The molecule has 1 aromatic carbocycles. The van der Waals surface area contributed by atoms with E-state index in [0.717, 1.165) is 18.8 Å². The summed E-state index contributed by atoms with van der Waals surface area (Å²) in [5.41, 5.74) is 3.01. The standard InChI is InChI=1S/C15H22N2O/c1-18-13-5-3-12-4-6-15(14(12)11-13)17-9-2-7-16-8-10-17/h3,5,11,15-16H,2,4,6-10H2,1H3. The third-order valence-electron chi connectivity index (χ3n) is 4.21. The lowest BCUT2D eigenvalue weighted by Crippen LogP contribution is -2.31. The van der Waals surface area contributed by atoms with Crippen LogP contribution in [-0.2, 0) is 6.42 Å². The normalized spacial score (nSPS) is 24.6. The highest BCUT2D eigenvalue weighted by molar-refractivity contribution is 5.40. The van der Waals surface area contributed by atoms with Gasteiger partial charge in [0, 0.05) is 25.7 Å². The minimum Gasteiger partial charge on any atom is -0.497 e. The van der Waals surface area contributed by atoms with E-state index in [-0.39, 0.29) is 0 Å². The summed E-state index contributed by atoms with van der Waals surface area (Å²) < 4.78 is 5.37. The monoisotopic (exact) mass is 246 g/mol. The van der Waals surface area contributed by atoms with Gasteiger partial charge in [-0.05, 0) is 49.1 Å². The molecule has 18 heavy (non-hydrogen) atoms. The third-order valence-corrected chi connectivity index (χ3v) is 4.21. The van der Waals surface area contributed by atoms with Gasteiger partial charge in [0.2, 0.25) is 0 Å². The van der Waals surface area contributed by atoms with Gasteiger partial charge in [-0.2, -0.15) is 0 Å². The fourth-order valence-corrected chi connectivity index (χ4v) is 3.24. The zero-order valence-electron chi connectivity index (χ0n) is 11.1. The Hall–Kier alpha value is -1.06. The van der Waals surface area contributed by atoms with Gasteiger partial charge >= 0.3 is 0 Å². The Morgan fingerprint density at radius 3 is 3.11 bits per heavy atom. The molecule has 1 aromatic rings. The highest BCUT2D eigenvalue weighted by Gasteiger charge is 2.28. The summed E-state index contributed by atoms with van der Waals surface area (Å²) in [5, 5.41) is 3.48. The van der Waals surface area contributed by atoms with E-state index in [1.54, 1.807) is 7.11 Å². The average Bonchev–Trinajstić information content (AvgIpc) is 2.64. The van der Waals surface area contributed by atoms with Gasteiger partial charge in [0.05, 0.1) is 7.11 Å². The van der Waals surface area contributed by atoms with Gasteiger partial charge < -0.3 is 10.1 Å². The second-order valence-electron chi connectivity index (χ2n) is 5.26.